The summed E-state index contributed by atoms with van der Waals surface area (Å²) in [5.41, 5.74) is 0. The number of para-hydroxylation sites is 1. The van der Waals surface area contributed by atoms with Gasteiger partial charge in [0.1, 0.15) is 18.5 Å². The van der Waals surface area contributed by atoms with Crippen molar-refractivity contribution in [2.45, 2.75) is 19.3 Å². The Morgan fingerprint density at radius 2 is 2.14 bits per heavy atom. The molecule has 3 heteroatoms. The van der Waals surface area contributed by atoms with E-state index in [9.17, 15) is 0 Å². The van der Waals surface area contributed by atoms with Crippen molar-refractivity contribution in [2.75, 3.05) is 13.2 Å². The molecule has 0 aliphatic carbocycles. The Morgan fingerprint density at radius 1 is 1.36 bits per heavy atom. The van der Waals surface area contributed by atoms with Gasteiger partial charge in [-0.05, 0) is 19.1 Å². The van der Waals surface area contributed by atoms with Crippen LogP contribution in [0, 0.1) is 0 Å². The smallest absolute Gasteiger partial charge is 0.155 e. The predicted molar refractivity (Wildman–Crippen MR) is 52.2 cm³/mol. The van der Waals surface area contributed by atoms with E-state index in [-0.39, 0.29) is 12.4 Å². The van der Waals surface area contributed by atoms with Crippen molar-refractivity contribution in [3.05, 3.63) is 30.3 Å². The summed E-state index contributed by atoms with van der Waals surface area (Å²) in [6, 6.07) is 9.72. The summed E-state index contributed by atoms with van der Waals surface area (Å²) in [6.07, 6.45) is -0.0374. The van der Waals surface area contributed by atoms with Crippen molar-refractivity contribution in [1.29, 1.82) is 0 Å². The molecule has 1 heterocycles. The minimum Gasteiger partial charge on any atom is -0.491 e. The van der Waals surface area contributed by atoms with Crippen LogP contribution in [0.5, 0.6) is 5.75 Å². The van der Waals surface area contributed by atoms with E-state index in [1.807, 2.05) is 37.3 Å². The Morgan fingerprint density at radius 3 is 2.79 bits per heavy atom. The van der Waals surface area contributed by atoms with Gasteiger partial charge in [0.2, 0.25) is 0 Å². The van der Waals surface area contributed by atoms with Gasteiger partial charge in [0.25, 0.3) is 0 Å². The lowest BCUT2D eigenvalue weighted by atomic mass is 10.3. The maximum Gasteiger partial charge on any atom is 0.155 e. The molecule has 0 aromatic heterocycles. The highest BCUT2D eigenvalue weighted by Gasteiger charge is 2.22. The maximum atomic E-state index is 5.53. The van der Waals surface area contributed by atoms with Crippen molar-refractivity contribution in [3.63, 3.8) is 0 Å². The van der Waals surface area contributed by atoms with E-state index in [4.69, 9.17) is 14.2 Å². The van der Waals surface area contributed by atoms with E-state index in [1.54, 1.807) is 0 Å². The lowest BCUT2D eigenvalue weighted by Gasteiger charge is -2.10. The van der Waals surface area contributed by atoms with Crippen LogP contribution in [0.25, 0.3) is 0 Å². The molecular formula is C11H14O3. The maximum absolute atomic E-state index is 5.53. The fourth-order valence-corrected chi connectivity index (χ4v) is 1.39. The van der Waals surface area contributed by atoms with Crippen molar-refractivity contribution in [1.82, 2.24) is 0 Å². The summed E-state index contributed by atoms with van der Waals surface area (Å²) in [4.78, 5) is 0. The molecule has 0 saturated carbocycles. The third-order valence-corrected chi connectivity index (χ3v) is 2.08. The standard InChI is InChI=1S/C11H14O3/c1-9-12-7-11(14-9)8-13-10-5-3-2-4-6-10/h2-6,9,11H,7-8H2,1H3. The van der Waals surface area contributed by atoms with Crippen LogP contribution in [0.3, 0.4) is 0 Å². The highest BCUT2D eigenvalue weighted by atomic mass is 16.7. The zero-order valence-electron chi connectivity index (χ0n) is 8.18. The van der Waals surface area contributed by atoms with E-state index in [0.717, 1.165) is 5.75 Å². The number of hydrogen-bond acceptors (Lipinski definition) is 3. The van der Waals surface area contributed by atoms with Crippen LogP contribution in [-0.2, 0) is 9.47 Å². The first-order valence-electron chi connectivity index (χ1n) is 4.79. The summed E-state index contributed by atoms with van der Waals surface area (Å²) in [5.74, 6) is 0.871. The minimum atomic E-state index is -0.0978. The van der Waals surface area contributed by atoms with E-state index in [0.29, 0.717) is 13.2 Å². The van der Waals surface area contributed by atoms with Gasteiger partial charge in [-0.15, -0.1) is 0 Å². The third-order valence-electron chi connectivity index (χ3n) is 2.08. The van der Waals surface area contributed by atoms with Crippen LogP contribution < -0.4 is 4.74 Å². The molecule has 14 heavy (non-hydrogen) atoms. The van der Waals surface area contributed by atoms with Crippen LogP contribution in [0.1, 0.15) is 6.92 Å². The Labute approximate surface area is 83.6 Å². The molecule has 2 atom stereocenters. The number of hydrogen-bond donors (Lipinski definition) is 0. The Hall–Kier alpha value is -1.06. The number of benzene rings is 1. The number of rotatable bonds is 3. The molecule has 2 unspecified atom stereocenters. The highest BCUT2D eigenvalue weighted by molar-refractivity contribution is 5.20. The average molecular weight is 194 g/mol. The molecule has 3 nitrogen and oxygen atoms in total. The van der Waals surface area contributed by atoms with Gasteiger partial charge in [0.05, 0.1) is 6.61 Å². The molecule has 2 rings (SSSR count). The fraction of sp³-hybridized carbons (Fsp3) is 0.455. The molecule has 76 valence electrons. The zero-order chi connectivity index (χ0) is 9.80. The molecule has 0 radical (unpaired) electrons. The van der Waals surface area contributed by atoms with Gasteiger partial charge in [-0.1, -0.05) is 18.2 Å². The van der Waals surface area contributed by atoms with E-state index < -0.39 is 0 Å². The van der Waals surface area contributed by atoms with Gasteiger partial charge in [-0.25, -0.2) is 0 Å². The van der Waals surface area contributed by atoms with Crippen LogP contribution in [0.15, 0.2) is 30.3 Å². The molecule has 1 aromatic rings. The second-order valence-electron chi connectivity index (χ2n) is 3.28. The SMILES string of the molecule is CC1OCC(COc2ccccc2)O1. The van der Waals surface area contributed by atoms with Gasteiger partial charge >= 0.3 is 0 Å². The molecule has 1 saturated heterocycles. The Kier molecular flexibility index (Phi) is 3.01. The van der Waals surface area contributed by atoms with Crippen LogP contribution in [0.4, 0.5) is 0 Å². The second-order valence-corrected chi connectivity index (χ2v) is 3.28. The van der Waals surface area contributed by atoms with Gasteiger partial charge in [0.15, 0.2) is 6.29 Å². The van der Waals surface area contributed by atoms with Crippen molar-refractivity contribution in [2.24, 2.45) is 0 Å². The average Bonchev–Trinajstić information content (AvgIpc) is 2.63. The van der Waals surface area contributed by atoms with Crippen molar-refractivity contribution < 1.29 is 14.2 Å². The minimum absolute atomic E-state index is 0.0604. The van der Waals surface area contributed by atoms with Gasteiger partial charge in [0, 0.05) is 0 Å². The van der Waals surface area contributed by atoms with E-state index in [2.05, 4.69) is 0 Å². The lowest BCUT2D eigenvalue weighted by Crippen LogP contribution is -2.20. The van der Waals surface area contributed by atoms with Gasteiger partial charge < -0.3 is 14.2 Å². The van der Waals surface area contributed by atoms with Crippen molar-refractivity contribution >= 4 is 0 Å². The summed E-state index contributed by atoms with van der Waals surface area (Å²) < 4.78 is 16.2. The van der Waals surface area contributed by atoms with Crippen LogP contribution in [0.2, 0.25) is 0 Å². The van der Waals surface area contributed by atoms with E-state index >= 15 is 0 Å². The highest BCUT2D eigenvalue weighted by Crippen LogP contribution is 2.14. The summed E-state index contributed by atoms with van der Waals surface area (Å²) in [7, 11) is 0. The monoisotopic (exact) mass is 194 g/mol. The third kappa shape index (κ3) is 2.47. The molecule has 0 N–H and O–H groups in total. The molecular weight excluding hydrogens is 180 g/mol. The fourth-order valence-electron chi connectivity index (χ4n) is 1.39. The quantitative estimate of drug-likeness (QED) is 0.734. The normalized spacial score (nSPS) is 26.4. The Bertz CT molecular complexity index is 273. The van der Waals surface area contributed by atoms with E-state index in [1.165, 1.54) is 0 Å². The first-order valence-corrected chi connectivity index (χ1v) is 4.79. The van der Waals surface area contributed by atoms with Gasteiger partial charge in [-0.2, -0.15) is 0 Å². The lowest BCUT2D eigenvalue weighted by molar-refractivity contribution is -0.0486. The molecule has 0 amide bonds. The molecule has 1 aromatic carbocycles. The first-order chi connectivity index (χ1) is 6.84. The van der Waals surface area contributed by atoms with Crippen LogP contribution in [-0.4, -0.2) is 25.6 Å². The Balaban J connectivity index is 1.78. The zero-order valence-corrected chi connectivity index (χ0v) is 8.18. The molecule has 1 aliphatic rings. The molecule has 0 bridgehead atoms. The van der Waals surface area contributed by atoms with Crippen LogP contribution >= 0.6 is 0 Å². The topological polar surface area (TPSA) is 27.7 Å². The number of ether oxygens (including phenoxy) is 3. The van der Waals surface area contributed by atoms with Crippen molar-refractivity contribution in [3.8, 4) is 5.75 Å². The summed E-state index contributed by atoms with van der Waals surface area (Å²) >= 11 is 0. The summed E-state index contributed by atoms with van der Waals surface area (Å²) in [5, 5.41) is 0. The van der Waals surface area contributed by atoms with Gasteiger partial charge in [-0.3, -0.25) is 0 Å². The molecule has 1 aliphatic heterocycles. The molecule has 0 spiro atoms. The summed E-state index contributed by atoms with van der Waals surface area (Å²) in [6.45, 7) is 3.06. The predicted octanol–water partition coefficient (Wildman–Crippen LogP) is 1.83. The largest absolute Gasteiger partial charge is 0.491 e. The second kappa shape index (κ2) is 4.44. The molecule has 1 fully saturated rings. The first kappa shape index (κ1) is 9.49.